The van der Waals surface area contributed by atoms with Crippen LogP contribution in [0.2, 0.25) is 5.02 Å². The Labute approximate surface area is 80.8 Å². The molecule has 1 nitrogen and oxygen atoms in total. The van der Waals surface area contributed by atoms with Gasteiger partial charge in [-0.25, -0.2) is 4.39 Å². The summed E-state index contributed by atoms with van der Waals surface area (Å²) < 4.78 is 12.7. The molecule has 0 aromatic heterocycles. The van der Waals surface area contributed by atoms with E-state index in [1.165, 1.54) is 25.1 Å². The van der Waals surface area contributed by atoms with Crippen LogP contribution in [-0.4, -0.2) is 5.78 Å². The van der Waals surface area contributed by atoms with E-state index >= 15 is 0 Å². The first kappa shape index (κ1) is 9.93. The highest BCUT2D eigenvalue weighted by molar-refractivity contribution is 6.30. The SMILES string of the molecule is CC(=O)/C=C/c1ccc(F)c(Cl)c1. The number of benzene rings is 1. The Bertz CT molecular complexity index is 358. The van der Waals surface area contributed by atoms with E-state index in [-0.39, 0.29) is 10.8 Å². The van der Waals surface area contributed by atoms with E-state index in [9.17, 15) is 9.18 Å². The zero-order chi connectivity index (χ0) is 9.84. The number of allylic oxidation sites excluding steroid dienone is 1. The molecule has 0 aliphatic rings. The number of rotatable bonds is 2. The summed E-state index contributed by atoms with van der Waals surface area (Å²) in [5.74, 6) is -0.512. The number of hydrogen-bond acceptors (Lipinski definition) is 1. The molecule has 0 amide bonds. The van der Waals surface area contributed by atoms with Crippen molar-refractivity contribution in [3.8, 4) is 0 Å². The van der Waals surface area contributed by atoms with Crippen molar-refractivity contribution in [2.75, 3.05) is 0 Å². The number of carbonyl (C=O) groups excluding carboxylic acids is 1. The summed E-state index contributed by atoms with van der Waals surface area (Å²) in [4.78, 5) is 10.6. The van der Waals surface area contributed by atoms with Gasteiger partial charge in [0.1, 0.15) is 5.82 Å². The van der Waals surface area contributed by atoms with Gasteiger partial charge in [0, 0.05) is 0 Å². The number of ketones is 1. The third-order valence-corrected chi connectivity index (χ3v) is 1.74. The normalized spacial score (nSPS) is 10.7. The smallest absolute Gasteiger partial charge is 0.152 e. The summed E-state index contributed by atoms with van der Waals surface area (Å²) in [6, 6.07) is 4.29. The van der Waals surface area contributed by atoms with Crippen molar-refractivity contribution >= 4 is 23.5 Å². The first-order valence-corrected chi connectivity index (χ1v) is 4.11. The maximum atomic E-state index is 12.7. The van der Waals surface area contributed by atoms with Crippen molar-refractivity contribution in [2.24, 2.45) is 0 Å². The van der Waals surface area contributed by atoms with Crippen LogP contribution < -0.4 is 0 Å². The van der Waals surface area contributed by atoms with Crippen molar-refractivity contribution < 1.29 is 9.18 Å². The van der Waals surface area contributed by atoms with E-state index in [4.69, 9.17) is 11.6 Å². The number of carbonyl (C=O) groups is 1. The van der Waals surface area contributed by atoms with Gasteiger partial charge in [0.25, 0.3) is 0 Å². The van der Waals surface area contributed by atoms with Crippen molar-refractivity contribution in [2.45, 2.75) is 6.92 Å². The molecule has 0 N–H and O–H groups in total. The Hall–Kier alpha value is -1.15. The van der Waals surface area contributed by atoms with Crippen LogP contribution in [0.15, 0.2) is 24.3 Å². The molecule has 0 atom stereocenters. The van der Waals surface area contributed by atoms with Crippen LogP contribution in [0.25, 0.3) is 6.08 Å². The highest BCUT2D eigenvalue weighted by Crippen LogP contribution is 2.16. The minimum Gasteiger partial charge on any atom is -0.295 e. The summed E-state index contributed by atoms with van der Waals surface area (Å²) in [6.45, 7) is 1.45. The molecular formula is C10H8ClFO. The molecule has 0 spiro atoms. The van der Waals surface area contributed by atoms with Gasteiger partial charge in [0.15, 0.2) is 5.78 Å². The molecule has 0 unspecified atom stereocenters. The Morgan fingerprint density at radius 1 is 1.54 bits per heavy atom. The van der Waals surface area contributed by atoms with E-state index < -0.39 is 5.82 Å². The topological polar surface area (TPSA) is 17.1 Å². The maximum Gasteiger partial charge on any atom is 0.152 e. The molecular weight excluding hydrogens is 191 g/mol. The maximum absolute atomic E-state index is 12.7. The van der Waals surface area contributed by atoms with E-state index in [1.807, 2.05) is 0 Å². The van der Waals surface area contributed by atoms with Gasteiger partial charge in [-0.1, -0.05) is 23.7 Å². The number of halogens is 2. The molecule has 0 bridgehead atoms. The number of hydrogen-bond donors (Lipinski definition) is 0. The van der Waals surface area contributed by atoms with E-state index in [2.05, 4.69) is 0 Å². The standard InChI is InChI=1S/C10H8ClFO/c1-7(13)2-3-8-4-5-10(12)9(11)6-8/h2-6H,1H3/b3-2+. The van der Waals surface area contributed by atoms with Crippen LogP contribution in [0.1, 0.15) is 12.5 Å². The molecule has 68 valence electrons. The summed E-state index contributed by atoms with van der Waals surface area (Å²) in [6.07, 6.45) is 3.00. The largest absolute Gasteiger partial charge is 0.295 e. The molecule has 1 aromatic rings. The molecule has 1 aromatic carbocycles. The molecule has 0 aliphatic heterocycles. The average molecular weight is 199 g/mol. The lowest BCUT2D eigenvalue weighted by Gasteiger charge is -1.95. The minimum absolute atomic E-state index is 0.0551. The molecule has 1 rings (SSSR count). The minimum atomic E-state index is -0.457. The fraction of sp³-hybridized carbons (Fsp3) is 0.100. The lowest BCUT2D eigenvalue weighted by Crippen LogP contribution is -1.81. The van der Waals surface area contributed by atoms with Gasteiger partial charge in [0.2, 0.25) is 0 Å². The van der Waals surface area contributed by atoms with Crippen LogP contribution in [0.5, 0.6) is 0 Å². The average Bonchev–Trinajstić information content (AvgIpc) is 2.07. The van der Waals surface area contributed by atoms with Gasteiger partial charge in [0.05, 0.1) is 5.02 Å². The lowest BCUT2D eigenvalue weighted by atomic mass is 10.2. The summed E-state index contributed by atoms with van der Waals surface area (Å²) in [7, 11) is 0. The highest BCUT2D eigenvalue weighted by atomic mass is 35.5. The fourth-order valence-corrected chi connectivity index (χ4v) is 1.02. The Morgan fingerprint density at radius 3 is 2.77 bits per heavy atom. The van der Waals surface area contributed by atoms with E-state index in [0.717, 1.165) is 0 Å². The lowest BCUT2D eigenvalue weighted by molar-refractivity contribution is -0.112. The molecule has 0 aliphatic carbocycles. The molecule has 0 radical (unpaired) electrons. The first-order valence-electron chi connectivity index (χ1n) is 3.73. The van der Waals surface area contributed by atoms with E-state index in [1.54, 1.807) is 12.1 Å². The summed E-state index contributed by atoms with van der Waals surface area (Å²) in [5.41, 5.74) is 0.710. The Morgan fingerprint density at radius 2 is 2.23 bits per heavy atom. The first-order chi connectivity index (χ1) is 6.09. The summed E-state index contributed by atoms with van der Waals surface area (Å²) >= 11 is 5.54. The second-order valence-corrected chi connectivity index (χ2v) is 3.02. The van der Waals surface area contributed by atoms with Gasteiger partial charge in [-0.05, 0) is 30.7 Å². The van der Waals surface area contributed by atoms with Gasteiger partial charge < -0.3 is 0 Å². The van der Waals surface area contributed by atoms with Gasteiger partial charge in [-0.15, -0.1) is 0 Å². The Kier molecular flexibility index (Phi) is 3.20. The van der Waals surface area contributed by atoms with Crippen LogP contribution in [0, 0.1) is 5.82 Å². The second kappa shape index (κ2) is 4.19. The van der Waals surface area contributed by atoms with Gasteiger partial charge in [-0.3, -0.25) is 4.79 Å². The molecule has 3 heteroatoms. The zero-order valence-electron chi connectivity index (χ0n) is 7.05. The van der Waals surface area contributed by atoms with Crippen LogP contribution in [0.4, 0.5) is 4.39 Å². The molecule has 0 heterocycles. The van der Waals surface area contributed by atoms with Crippen molar-refractivity contribution in [3.63, 3.8) is 0 Å². The second-order valence-electron chi connectivity index (χ2n) is 2.62. The molecule has 0 fully saturated rings. The van der Waals surface area contributed by atoms with Crippen molar-refractivity contribution in [3.05, 3.63) is 40.7 Å². The molecule has 0 saturated carbocycles. The quantitative estimate of drug-likeness (QED) is 0.668. The third kappa shape index (κ3) is 2.99. The van der Waals surface area contributed by atoms with Crippen LogP contribution in [-0.2, 0) is 4.79 Å². The van der Waals surface area contributed by atoms with Crippen molar-refractivity contribution in [1.29, 1.82) is 0 Å². The molecule has 13 heavy (non-hydrogen) atoms. The zero-order valence-corrected chi connectivity index (χ0v) is 7.81. The highest BCUT2D eigenvalue weighted by Gasteiger charge is 1.97. The molecule has 0 saturated heterocycles. The van der Waals surface area contributed by atoms with Crippen LogP contribution in [0.3, 0.4) is 0 Å². The van der Waals surface area contributed by atoms with Gasteiger partial charge >= 0.3 is 0 Å². The van der Waals surface area contributed by atoms with Gasteiger partial charge in [-0.2, -0.15) is 0 Å². The fourth-order valence-electron chi connectivity index (χ4n) is 0.830. The van der Waals surface area contributed by atoms with Crippen molar-refractivity contribution in [1.82, 2.24) is 0 Å². The third-order valence-electron chi connectivity index (χ3n) is 1.45. The van der Waals surface area contributed by atoms with E-state index in [0.29, 0.717) is 5.56 Å². The Balaban J connectivity index is 2.92. The predicted molar refractivity (Wildman–Crippen MR) is 51.1 cm³/mol. The summed E-state index contributed by atoms with van der Waals surface area (Å²) in [5, 5.41) is 0.0608. The predicted octanol–water partition coefficient (Wildman–Crippen LogP) is 3.08. The monoisotopic (exact) mass is 198 g/mol. The van der Waals surface area contributed by atoms with Crippen LogP contribution >= 0.6 is 11.6 Å².